The van der Waals surface area contributed by atoms with Gasteiger partial charge in [0.1, 0.15) is 11.6 Å². The summed E-state index contributed by atoms with van der Waals surface area (Å²) in [6, 6.07) is 23.0. The topological polar surface area (TPSA) is 50.9 Å². The van der Waals surface area contributed by atoms with E-state index in [1.165, 1.54) is 6.07 Å². The van der Waals surface area contributed by atoms with Gasteiger partial charge >= 0.3 is 0 Å². The van der Waals surface area contributed by atoms with Crippen LogP contribution in [0.3, 0.4) is 0 Å². The van der Waals surface area contributed by atoms with Crippen molar-refractivity contribution >= 4 is 12.2 Å². The molecule has 0 fully saturated rings. The summed E-state index contributed by atoms with van der Waals surface area (Å²) in [6.07, 6.45) is 3.29. The summed E-state index contributed by atoms with van der Waals surface area (Å²) in [5, 5.41) is 14.8. The van der Waals surface area contributed by atoms with Gasteiger partial charge in [0.2, 0.25) is 0 Å². The number of nitrogens with zero attached hydrogens (tertiary/aromatic N) is 3. The molecule has 0 aliphatic rings. The van der Waals surface area contributed by atoms with Gasteiger partial charge < -0.3 is 5.11 Å². The molecule has 0 radical (unpaired) electrons. The summed E-state index contributed by atoms with van der Waals surface area (Å²) in [4.78, 5) is 4.54. The first-order valence-electron chi connectivity index (χ1n) is 8.46. The van der Waals surface area contributed by atoms with Gasteiger partial charge in [0.15, 0.2) is 11.6 Å². The number of phenolic OH excluding ortho intramolecular Hbond substituents is 1. The molecule has 0 atom stereocenters. The lowest BCUT2D eigenvalue weighted by Gasteiger charge is -2.06. The van der Waals surface area contributed by atoms with Gasteiger partial charge in [0.05, 0.1) is 11.3 Å². The molecule has 27 heavy (non-hydrogen) atoms. The quantitative estimate of drug-likeness (QED) is 0.562. The Kier molecular flexibility index (Phi) is 4.49. The van der Waals surface area contributed by atoms with Crippen molar-refractivity contribution in [1.82, 2.24) is 14.8 Å². The van der Waals surface area contributed by atoms with E-state index >= 15 is 0 Å². The number of phenols is 1. The zero-order valence-electron chi connectivity index (χ0n) is 14.3. The molecule has 4 nitrogen and oxygen atoms in total. The third-order valence-electron chi connectivity index (χ3n) is 4.09. The van der Waals surface area contributed by atoms with Crippen LogP contribution in [0.25, 0.3) is 29.2 Å². The first-order chi connectivity index (χ1) is 13.2. The third-order valence-corrected chi connectivity index (χ3v) is 4.09. The number of hydrogen-bond donors (Lipinski definition) is 1. The Labute approximate surface area is 155 Å². The Hall–Kier alpha value is -3.73. The van der Waals surface area contributed by atoms with Crippen LogP contribution in [0.5, 0.6) is 5.75 Å². The molecule has 0 saturated heterocycles. The maximum Gasteiger partial charge on any atom is 0.175 e. The van der Waals surface area contributed by atoms with Crippen molar-refractivity contribution in [2.24, 2.45) is 0 Å². The molecule has 4 rings (SSSR count). The van der Waals surface area contributed by atoms with Crippen LogP contribution in [0, 0.1) is 5.82 Å². The molecule has 0 bridgehead atoms. The number of para-hydroxylation sites is 2. The van der Waals surface area contributed by atoms with E-state index in [0.717, 1.165) is 5.69 Å². The van der Waals surface area contributed by atoms with Crippen LogP contribution in [0.15, 0.2) is 78.9 Å². The molecule has 0 saturated carbocycles. The second-order valence-electron chi connectivity index (χ2n) is 5.91. The van der Waals surface area contributed by atoms with Gasteiger partial charge in [0, 0.05) is 5.56 Å². The first-order valence-corrected chi connectivity index (χ1v) is 8.46. The standard InChI is InChI=1S/C22H16FN3O/c23-19-12-6-4-8-16(19)14-15-21-24-22(18-11-5-7-13-20(18)27)26(25-21)17-9-2-1-3-10-17/h1-15,27H/b15-14+. The summed E-state index contributed by atoms with van der Waals surface area (Å²) in [7, 11) is 0. The average Bonchev–Trinajstić information content (AvgIpc) is 3.12. The SMILES string of the molecule is Oc1ccccc1-c1nc(/C=C/c2ccccc2F)nn1-c1ccccc1. The lowest BCUT2D eigenvalue weighted by molar-refractivity contribution is 0.476. The number of aromatic nitrogens is 3. The lowest BCUT2D eigenvalue weighted by Crippen LogP contribution is -1.99. The van der Waals surface area contributed by atoms with E-state index in [4.69, 9.17) is 0 Å². The number of hydrogen-bond acceptors (Lipinski definition) is 3. The molecule has 3 aromatic carbocycles. The molecule has 0 aliphatic heterocycles. The molecule has 0 amide bonds. The fraction of sp³-hybridized carbons (Fsp3) is 0. The number of halogens is 1. The smallest absolute Gasteiger partial charge is 0.175 e. The average molecular weight is 357 g/mol. The van der Waals surface area contributed by atoms with Crippen LogP contribution in [0.4, 0.5) is 4.39 Å². The second-order valence-corrected chi connectivity index (χ2v) is 5.91. The Bertz CT molecular complexity index is 1100. The van der Waals surface area contributed by atoms with E-state index in [9.17, 15) is 9.50 Å². The van der Waals surface area contributed by atoms with E-state index < -0.39 is 0 Å². The molecule has 0 spiro atoms. The zero-order valence-corrected chi connectivity index (χ0v) is 14.3. The molecule has 0 unspecified atom stereocenters. The Balaban J connectivity index is 1.81. The van der Waals surface area contributed by atoms with Crippen LogP contribution < -0.4 is 0 Å². The van der Waals surface area contributed by atoms with Crippen molar-refractivity contribution in [3.05, 3.63) is 96.1 Å². The van der Waals surface area contributed by atoms with Crippen LogP contribution in [-0.2, 0) is 0 Å². The minimum atomic E-state index is -0.308. The molecule has 4 aromatic rings. The van der Waals surface area contributed by atoms with Crippen LogP contribution >= 0.6 is 0 Å². The highest BCUT2D eigenvalue weighted by atomic mass is 19.1. The maximum absolute atomic E-state index is 13.8. The van der Waals surface area contributed by atoms with E-state index in [-0.39, 0.29) is 11.6 Å². The summed E-state index contributed by atoms with van der Waals surface area (Å²) in [5.41, 5.74) is 1.84. The van der Waals surface area contributed by atoms with Crippen molar-refractivity contribution in [1.29, 1.82) is 0 Å². The summed E-state index contributed by atoms with van der Waals surface area (Å²) in [6.45, 7) is 0. The highest BCUT2D eigenvalue weighted by Crippen LogP contribution is 2.29. The predicted octanol–water partition coefficient (Wildman–Crippen LogP) is 4.95. The van der Waals surface area contributed by atoms with Crippen molar-refractivity contribution in [3.63, 3.8) is 0 Å². The van der Waals surface area contributed by atoms with Gasteiger partial charge in [-0.25, -0.2) is 14.1 Å². The molecular weight excluding hydrogens is 341 g/mol. The molecule has 1 N–H and O–H groups in total. The molecule has 132 valence electrons. The van der Waals surface area contributed by atoms with Crippen molar-refractivity contribution in [3.8, 4) is 22.8 Å². The molecule has 1 aromatic heterocycles. The largest absolute Gasteiger partial charge is 0.507 e. The van der Waals surface area contributed by atoms with Gasteiger partial charge in [-0.1, -0.05) is 48.5 Å². The van der Waals surface area contributed by atoms with Gasteiger partial charge in [-0.2, -0.15) is 0 Å². The van der Waals surface area contributed by atoms with E-state index in [2.05, 4.69) is 10.1 Å². The molecule has 1 heterocycles. The molecule has 0 aliphatic carbocycles. The molecule has 5 heteroatoms. The summed E-state index contributed by atoms with van der Waals surface area (Å²) in [5.74, 6) is 0.733. The fourth-order valence-corrected chi connectivity index (χ4v) is 2.76. The minimum absolute atomic E-state index is 0.117. The predicted molar refractivity (Wildman–Crippen MR) is 104 cm³/mol. The van der Waals surface area contributed by atoms with Gasteiger partial charge in [-0.3, -0.25) is 0 Å². The lowest BCUT2D eigenvalue weighted by atomic mass is 10.2. The summed E-state index contributed by atoms with van der Waals surface area (Å²) < 4.78 is 15.5. The highest BCUT2D eigenvalue weighted by Gasteiger charge is 2.15. The Morgan fingerprint density at radius 1 is 0.815 bits per heavy atom. The van der Waals surface area contributed by atoms with Crippen molar-refractivity contribution in [2.75, 3.05) is 0 Å². The first kappa shape index (κ1) is 16.7. The van der Waals surface area contributed by atoms with Crippen molar-refractivity contribution < 1.29 is 9.50 Å². The normalized spacial score (nSPS) is 11.1. The molecular formula is C22H16FN3O. The van der Waals surface area contributed by atoms with Gasteiger partial charge in [-0.15, -0.1) is 5.10 Å². The Morgan fingerprint density at radius 3 is 2.30 bits per heavy atom. The van der Waals surface area contributed by atoms with Gasteiger partial charge in [0.25, 0.3) is 0 Å². The zero-order chi connectivity index (χ0) is 18.6. The minimum Gasteiger partial charge on any atom is -0.507 e. The number of benzene rings is 3. The maximum atomic E-state index is 13.8. The number of rotatable bonds is 4. The monoisotopic (exact) mass is 357 g/mol. The van der Waals surface area contributed by atoms with E-state index in [0.29, 0.717) is 22.8 Å². The third kappa shape index (κ3) is 3.48. The van der Waals surface area contributed by atoms with Crippen molar-refractivity contribution in [2.45, 2.75) is 0 Å². The van der Waals surface area contributed by atoms with Crippen LogP contribution in [0.2, 0.25) is 0 Å². The highest BCUT2D eigenvalue weighted by molar-refractivity contribution is 5.70. The number of aromatic hydroxyl groups is 1. The summed E-state index contributed by atoms with van der Waals surface area (Å²) >= 11 is 0. The second kappa shape index (κ2) is 7.25. The van der Waals surface area contributed by atoms with E-state index in [1.807, 2.05) is 36.4 Å². The van der Waals surface area contributed by atoms with Gasteiger partial charge in [-0.05, 0) is 42.5 Å². The van der Waals surface area contributed by atoms with Crippen LogP contribution in [0.1, 0.15) is 11.4 Å². The van der Waals surface area contributed by atoms with E-state index in [1.54, 1.807) is 53.2 Å². The van der Waals surface area contributed by atoms with Crippen LogP contribution in [-0.4, -0.2) is 19.9 Å². The Morgan fingerprint density at radius 2 is 1.52 bits per heavy atom. The fourth-order valence-electron chi connectivity index (χ4n) is 2.76.